The molecular formula is C8H16O3S. The number of ether oxygens (including phenoxy) is 1. The molecule has 0 heterocycles. The number of hydrogen-bond donors (Lipinski definition) is 1. The van der Waals surface area contributed by atoms with Crippen molar-refractivity contribution in [2.24, 2.45) is 0 Å². The lowest BCUT2D eigenvalue weighted by molar-refractivity contribution is -0.133. The number of carbonyl (C=O) groups is 1. The van der Waals surface area contributed by atoms with Gasteiger partial charge in [0.25, 0.3) is 0 Å². The summed E-state index contributed by atoms with van der Waals surface area (Å²) in [5.41, 5.74) is -0.121. The van der Waals surface area contributed by atoms with Gasteiger partial charge in [-0.05, 0) is 20.8 Å². The van der Waals surface area contributed by atoms with E-state index in [4.69, 9.17) is 9.84 Å². The highest BCUT2D eigenvalue weighted by molar-refractivity contribution is 7.99. The number of hydrogen-bond acceptors (Lipinski definition) is 3. The maximum Gasteiger partial charge on any atom is 0.313 e. The third-order valence-corrected chi connectivity index (χ3v) is 1.89. The van der Waals surface area contributed by atoms with Crippen molar-refractivity contribution in [3.05, 3.63) is 0 Å². The van der Waals surface area contributed by atoms with Gasteiger partial charge in [0.05, 0.1) is 18.0 Å². The van der Waals surface area contributed by atoms with Gasteiger partial charge in [0, 0.05) is 5.75 Å². The summed E-state index contributed by atoms with van der Waals surface area (Å²) in [5.74, 6) is 0.132. The Morgan fingerprint density at radius 1 is 1.50 bits per heavy atom. The van der Waals surface area contributed by atoms with E-state index in [0.29, 0.717) is 6.61 Å². The van der Waals surface area contributed by atoms with Crippen LogP contribution in [0.5, 0.6) is 0 Å². The first-order valence-corrected chi connectivity index (χ1v) is 5.01. The molecule has 0 unspecified atom stereocenters. The second-order valence-corrected chi connectivity index (χ2v) is 4.51. The molecule has 0 amide bonds. The van der Waals surface area contributed by atoms with Crippen LogP contribution in [-0.2, 0) is 9.53 Å². The maximum absolute atomic E-state index is 10.1. The summed E-state index contributed by atoms with van der Waals surface area (Å²) in [6.45, 7) is 6.56. The minimum atomic E-state index is -0.768. The van der Waals surface area contributed by atoms with Crippen molar-refractivity contribution in [3.63, 3.8) is 0 Å². The van der Waals surface area contributed by atoms with Crippen LogP contribution in [0.1, 0.15) is 20.8 Å². The number of rotatable bonds is 5. The van der Waals surface area contributed by atoms with E-state index in [0.717, 1.165) is 5.75 Å². The first-order chi connectivity index (χ1) is 5.42. The minimum Gasteiger partial charge on any atom is -0.481 e. The highest BCUT2D eigenvalue weighted by Gasteiger charge is 2.08. The molecule has 0 aromatic carbocycles. The Bertz CT molecular complexity index is 140. The van der Waals surface area contributed by atoms with Gasteiger partial charge in [-0.2, -0.15) is 0 Å². The normalized spacial score (nSPS) is 11.6. The summed E-state index contributed by atoms with van der Waals surface area (Å²) in [5, 5.41) is 8.31. The molecular weight excluding hydrogens is 176 g/mol. The smallest absolute Gasteiger partial charge is 0.313 e. The van der Waals surface area contributed by atoms with Gasteiger partial charge in [-0.25, -0.2) is 0 Å². The average Bonchev–Trinajstić information content (AvgIpc) is 1.83. The van der Waals surface area contributed by atoms with E-state index in [9.17, 15) is 4.79 Å². The average molecular weight is 192 g/mol. The lowest BCUT2D eigenvalue weighted by Crippen LogP contribution is -2.20. The summed E-state index contributed by atoms with van der Waals surface area (Å²) < 4.78 is 5.40. The Morgan fingerprint density at radius 3 is 2.50 bits per heavy atom. The molecule has 0 bridgehead atoms. The van der Waals surface area contributed by atoms with Gasteiger partial charge in [-0.3, -0.25) is 4.79 Å². The van der Waals surface area contributed by atoms with Crippen LogP contribution in [0.25, 0.3) is 0 Å². The highest BCUT2D eigenvalue weighted by Crippen LogP contribution is 2.08. The highest BCUT2D eigenvalue weighted by atomic mass is 32.2. The van der Waals surface area contributed by atoms with Crippen molar-refractivity contribution in [3.8, 4) is 0 Å². The third kappa shape index (κ3) is 9.78. The molecule has 12 heavy (non-hydrogen) atoms. The van der Waals surface area contributed by atoms with Crippen LogP contribution in [0.15, 0.2) is 0 Å². The molecule has 0 aromatic rings. The fraction of sp³-hybridized carbons (Fsp3) is 0.875. The Balaban J connectivity index is 3.17. The van der Waals surface area contributed by atoms with Gasteiger partial charge in [0.2, 0.25) is 0 Å². The quantitative estimate of drug-likeness (QED) is 0.672. The molecule has 0 atom stereocenters. The molecule has 4 heteroatoms. The predicted molar refractivity (Wildman–Crippen MR) is 50.7 cm³/mol. The number of carboxylic acids is 1. The zero-order valence-corrected chi connectivity index (χ0v) is 8.61. The van der Waals surface area contributed by atoms with E-state index < -0.39 is 5.97 Å². The number of carboxylic acid groups (broad SMARTS) is 1. The van der Waals surface area contributed by atoms with Gasteiger partial charge >= 0.3 is 5.97 Å². The van der Waals surface area contributed by atoms with Crippen LogP contribution < -0.4 is 0 Å². The molecule has 0 spiro atoms. The molecule has 0 saturated carbocycles. The summed E-state index contributed by atoms with van der Waals surface area (Å²) >= 11 is 1.38. The number of thioether (sulfide) groups is 1. The van der Waals surface area contributed by atoms with Crippen molar-refractivity contribution in [2.75, 3.05) is 18.1 Å². The summed E-state index contributed by atoms with van der Waals surface area (Å²) in [6.07, 6.45) is 0. The van der Waals surface area contributed by atoms with Gasteiger partial charge < -0.3 is 9.84 Å². The molecule has 0 aliphatic rings. The fourth-order valence-corrected chi connectivity index (χ4v) is 1.09. The van der Waals surface area contributed by atoms with Gasteiger partial charge in [0.15, 0.2) is 0 Å². The standard InChI is InChI=1S/C8H16O3S/c1-8(2,3)11-4-5-12-6-7(9)10/h4-6H2,1-3H3,(H,9,10). The first-order valence-electron chi connectivity index (χ1n) is 3.85. The maximum atomic E-state index is 10.1. The van der Waals surface area contributed by atoms with Crippen molar-refractivity contribution < 1.29 is 14.6 Å². The largest absolute Gasteiger partial charge is 0.481 e. The predicted octanol–water partition coefficient (Wildman–Crippen LogP) is 1.62. The SMILES string of the molecule is CC(C)(C)OCCSCC(=O)O. The molecule has 0 fully saturated rings. The van der Waals surface area contributed by atoms with Gasteiger partial charge in [0.1, 0.15) is 0 Å². The van der Waals surface area contributed by atoms with Crippen molar-refractivity contribution in [1.82, 2.24) is 0 Å². The Labute approximate surface area is 77.5 Å². The van der Waals surface area contributed by atoms with Gasteiger partial charge in [-0.15, -0.1) is 11.8 Å². The Morgan fingerprint density at radius 2 is 2.08 bits per heavy atom. The van der Waals surface area contributed by atoms with E-state index in [1.54, 1.807) is 0 Å². The van der Waals surface area contributed by atoms with E-state index in [2.05, 4.69) is 0 Å². The van der Waals surface area contributed by atoms with Crippen LogP contribution >= 0.6 is 11.8 Å². The van der Waals surface area contributed by atoms with Crippen molar-refractivity contribution >= 4 is 17.7 Å². The zero-order chi connectivity index (χ0) is 9.61. The Kier molecular flexibility index (Phi) is 5.33. The lowest BCUT2D eigenvalue weighted by Gasteiger charge is -2.18. The van der Waals surface area contributed by atoms with E-state index in [1.165, 1.54) is 11.8 Å². The molecule has 0 aromatic heterocycles. The number of aliphatic carboxylic acids is 1. The molecule has 3 nitrogen and oxygen atoms in total. The zero-order valence-electron chi connectivity index (χ0n) is 7.79. The van der Waals surface area contributed by atoms with E-state index in [1.807, 2.05) is 20.8 Å². The lowest BCUT2D eigenvalue weighted by atomic mass is 10.2. The van der Waals surface area contributed by atoms with Crippen molar-refractivity contribution in [1.29, 1.82) is 0 Å². The van der Waals surface area contributed by atoms with E-state index >= 15 is 0 Å². The molecule has 0 rings (SSSR count). The summed E-state index contributed by atoms with van der Waals surface area (Å²) in [4.78, 5) is 10.1. The van der Waals surface area contributed by atoms with Crippen LogP contribution in [-0.4, -0.2) is 34.8 Å². The minimum absolute atomic E-state index is 0.121. The summed E-state index contributed by atoms with van der Waals surface area (Å²) in [7, 11) is 0. The molecule has 0 radical (unpaired) electrons. The second-order valence-electron chi connectivity index (χ2n) is 3.41. The molecule has 0 aliphatic heterocycles. The molecule has 0 saturated heterocycles. The third-order valence-electron chi connectivity index (χ3n) is 0.988. The van der Waals surface area contributed by atoms with Crippen LogP contribution in [0.4, 0.5) is 0 Å². The monoisotopic (exact) mass is 192 g/mol. The molecule has 0 aliphatic carbocycles. The second kappa shape index (κ2) is 5.43. The summed E-state index contributed by atoms with van der Waals surface area (Å²) in [6, 6.07) is 0. The molecule has 1 N–H and O–H groups in total. The van der Waals surface area contributed by atoms with Crippen LogP contribution in [0.2, 0.25) is 0 Å². The van der Waals surface area contributed by atoms with Crippen LogP contribution in [0, 0.1) is 0 Å². The topological polar surface area (TPSA) is 46.5 Å². The van der Waals surface area contributed by atoms with Crippen LogP contribution in [0.3, 0.4) is 0 Å². The van der Waals surface area contributed by atoms with Crippen molar-refractivity contribution in [2.45, 2.75) is 26.4 Å². The Hall–Kier alpha value is -0.220. The first kappa shape index (κ1) is 11.8. The van der Waals surface area contributed by atoms with E-state index in [-0.39, 0.29) is 11.4 Å². The fourth-order valence-electron chi connectivity index (χ4n) is 0.566. The molecule has 72 valence electrons. The van der Waals surface area contributed by atoms with Gasteiger partial charge in [-0.1, -0.05) is 0 Å².